The van der Waals surface area contributed by atoms with Crippen LogP contribution in [0, 0.1) is 0 Å². The lowest BCUT2D eigenvalue weighted by molar-refractivity contribution is 0.894. The Bertz CT molecular complexity index is 636. The van der Waals surface area contributed by atoms with Crippen LogP contribution in [0.5, 0.6) is 0 Å². The molecule has 0 radical (unpaired) electrons. The maximum atomic E-state index is 6.17. The fraction of sp³-hybridized carbons (Fsp3) is 0.125. The zero-order chi connectivity index (χ0) is 15.8. The molecule has 0 heterocycles. The SMILES string of the molecule is CN=C(NC)NN(C(N)=Nc1ccccc1)c1ccccc1. The number of aliphatic imine (C=N–C) groups is 2. The predicted molar refractivity (Wildman–Crippen MR) is 92.2 cm³/mol. The van der Waals surface area contributed by atoms with Crippen LogP contribution < -0.4 is 21.5 Å². The monoisotopic (exact) mass is 296 g/mol. The maximum Gasteiger partial charge on any atom is 0.220 e. The van der Waals surface area contributed by atoms with Gasteiger partial charge in [-0.15, -0.1) is 0 Å². The smallest absolute Gasteiger partial charge is 0.220 e. The maximum absolute atomic E-state index is 6.17. The molecule has 0 fully saturated rings. The summed E-state index contributed by atoms with van der Waals surface area (Å²) in [6, 6.07) is 19.2. The van der Waals surface area contributed by atoms with E-state index in [2.05, 4.69) is 20.7 Å². The highest BCUT2D eigenvalue weighted by atomic mass is 15.6. The van der Waals surface area contributed by atoms with Gasteiger partial charge in [0.2, 0.25) is 11.9 Å². The zero-order valence-electron chi connectivity index (χ0n) is 12.7. The number of para-hydroxylation sites is 2. The van der Waals surface area contributed by atoms with E-state index in [-0.39, 0.29) is 0 Å². The summed E-state index contributed by atoms with van der Waals surface area (Å²) in [5.41, 5.74) is 10.9. The molecule has 114 valence electrons. The highest BCUT2D eigenvalue weighted by molar-refractivity contribution is 5.99. The van der Waals surface area contributed by atoms with Gasteiger partial charge < -0.3 is 11.1 Å². The van der Waals surface area contributed by atoms with E-state index in [4.69, 9.17) is 5.73 Å². The molecule has 2 rings (SSSR count). The van der Waals surface area contributed by atoms with Crippen LogP contribution in [0.3, 0.4) is 0 Å². The molecule has 0 amide bonds. The number of anilines is 1. The van der Waals surface area contributed by atoms with Gasteiger partial charge in [-0.1, -0.05) is 36.4 Å². The number of nitrogens with two attached hydrogens (primary N) is 1. The molecule has 22 heavy (non-hydrogen) atoms. The second kappa shape index (κ2) is 7.68. The topological polar surface area (TPSA) is 78.0 Å². The molecule has 2 aromatic carbocycles. The lowest BCUT2D eigenvalue weighted by Crippen LogP contribution is -2.53. The minimum atomic E-state index is 0.314. The molecule has 0 aromatic heterocycles. The molecule has 0 aliphatic carbocycles. The molecule has 0 aliphatic rings. The molecule has 2 aromatic rings. The average Bonchev–Trinajstić information content (AvgIpc) is 2.57. The van der Waals surface area contributed by atoms with E-state index in [0.29, 0.717) is 11.9 Å². The Balaban J connectivity index is 2.33. The Kier molecular flexibility index (Phi) is 5.37. The van der Waals surface area contributed by atoms with E-state index in [1.807, 2.05) is 60.7 Å². The molecule has 4 N–H and O–H groups in total. The molecule has 6 heteroatoms. The first-order valence-corrected chi connectivity index (χ1v) is 6.90. The second-order valence-electron chi connectivity index (χ2n) is 4.41. The second-order valence-corrected chi connectivity index (χ2v) is 4.41. The average molecular weight is 296 g/mol. The third-order valence-electron chi connectivity index (χ3n) is 2.92. The van der Waals surface area contributed by atoms with E-state index >= 15 is 0 Å². The summed E-state index contributed by atoms with van der Waals surface area (Å²) < 4.78 is 0. The van der Waals surface area contributed by atoms with E-state index < -0.39 is 0 Å². The normalized spacial score (nSPS) is 11.9. The first kappa shape index (κ1) is 15.4. The Morgan fingerprint density at radius 2 is 1.59 bits per heavy atom. The number of hydrogen-bond acceptors (Lipinski definition) is 2. The fourth-order valence-corrected chi connectivity index (χ4v) is 1.84. The van der Waals surface area contributed by atoms with Gasteiger partial charge in [-0.05, 0) is 24.3 Å². The lowest BCUT2D eigenvalue weighted by atomic mass is 10.3. The molecule has 0 aliphatic heterocycles. The van der Waals surface area contributed by atoms with Gasteiger partial charge in [0.25, 0.3) is 0 Å². The van der Waals surface area contributed by atoms with Crippen molar-refractivity contribution in [2.75, 3.05) is 19.1 Å². The number of guanidine groups is 2. The summed E-state index contributed by atoms with van der Waals surface area (Å²) in [5, 5.41) is 4.63. The highest BCUT2D eigenvalue weighted by Crippen LogP contribution is 2.14. The van der Waals surface area contributed by atoms with Gasteiger partial charge in [0.05, 0.1) is 11.4 Å². The van der Waals surface area contributed by atoms with Gasteiger partial charge in [-0.3, -0.25) is 10.4 Å². The lowest BCUT2D eigenvalue weighted by Gasteiger charge is -2.25. The van der Waals surface area contributed by atoms with Gasteiger partial charge in [-0.25, -0.2) is 10.0 Å². The van der Waals surface area contributed by atoms with Gasteiger partial charge in [0.1, 0.15) is 0 Å². The minimum Gasteiger partial charge on any atom is -0.368 e. The summed E-state index contributed by atoms with van der Waals surface area (Å²) >= 11 is 0. The van der Waals surface area contributed by atoms with Crippen LogP contribution in [-0.4, -0.2) is 26.0 Å². The molecule has 0 spiro atoms. The van der Waals surface area contributed by atoms with Crippen LogP contribution >= 0.6 is 0 Å². The summed E-state index contributed by atoms with van der Waals surface area (Å²) in [4.78, 5) is 8.54. The molecular formula is C16H20N6. The third-order valence-corrected chi connectivity index (χ3v) is 2.92. The first-order valence-electron chi connectivity index (χ1n) is 6.90. The van der Waals surface area contributed by atoms with Crippen molar-refractivity contribution < 1.29 is 0 Å². The number of benzene rings is 2. The summed E-state index contributed by atoms with van der Waals surface area (Å²) in [5.74, 6) is 0.892. The Labute approximate surface area is 130 Å². The van der Waals surface area contributed by atoms with Crippen molar-refractivity contribution in [3.05, 3.63) is 60.7 Å². The van der Waals surface area contributed by atoms with Gasteiger partial charge in [0.15, 0.2) is 0 Å². The molecular weight excluding hydrogens is 276 g/mol. The number of nitrogens with one attached hydrogen (secondary N) is 2. The summed E-state index contributed by atoms with van der Waals surface area (Å²) in [6.45, 7) is 0. The van der Waals surface area contributed by atoms with E-state index in [9.17, 15) is 0 Å². The predicted octanol–water partition coefficient (Wildman–Crippen LogP) is 1.85. The van der Waals surface area contributed by atoms with E-state index in [1.165, 1.54) is 0 Å². The number of rotatable bonds is 2. The standard InChI is InChI=1S/C16H20N6/c1-18-16(19-2)21-22(14-11-7-4-8-12-14)15(17)20-13-9-5-3-6-10-13/h3-12H,1-2H3,(H2,17,20)(H2,18,19,21). The van der Waals surface area contributed by atoms with Crippen LogP contribution in [0.1, 0.15) is 0 Å². The number of hydrazine groups is 1. The van der Waals surface area contributed by atoms with Gasteiger partial charge in [-0.2, -0.15) is 0 Å². The summed E-state index contributed by atoms with van der Waals surface area (Å²) in [7, 11) is 3.47. The largest absolute Gasteiger partial charge is 0.368 e. The highest BCUT2D eigenvalue weighted by Gasteiger charge is 2.12. The Hall–Kier alpha value is -3.02. The van der Waals surface area contributed by atoms with Gasteiger partial charge in [0, 0.05) is 14.1 Å². The van der Waals surface area contributed by atoms with Crippen molar-refractivity contribution in [2.45, 2.75) is 0 Å². The third kappa shape index (κ3) is 3.99. The van der Waals surface area contributed by atoms with Crippen LogP contribution in [-0.2, 0) is 0 Å². The number of nitrogens with zero attached hydrogens (tertiary/aromatic N) is 3. The molecule has 0 saturated carbocycles. The zero-order valence-corrected chi connectivity index (χ0v) is 12.7. The van der Waals surface area contributed by atoms with Gasteiger partial charge >= 0.3 is 0 Å². The van der Waals surface area contributed by atoms with Crippen molar-refractivity contribution in [3.63, 3.8) is 0 Å². The molecule has 0 bridgehead atoms. The van der Waals surface area contributed by atoms with Crippen molar-refractivity contribution >= 4 is 23.3 Å². The van der Waals surface area contributed by atoms with Crippen LogP contribution in [0.4, 0.5) is 11.4 Å². The van der Waals surface area contributed by atoms with Crippen molar-refractivity contribution in [2.24, 2.45) is 15.7 Å². The fourth-order valence-electron chi connectivity index (χ4n) is 1.84. The van der Waals surface area contributed by atoms with Crippen LogP contribution in [0.25, 0.3) is 0 Å². The minimum absolute atomic E-state index is 0.314. The molecule has 0 saturated heterocycles. The first-order chi connectivity index (χ1) is 10.7. The van der Waals surface area contributed by atoms with Crippen LogP contribution in [0.2, 0.25) is 0 Å². The quantitative estimate of drug-likeness (QED) is 0.449. The molecule has 0 unspecified atom stereocenters. The number of hydrogen-bond donors (Lipinski definition) is 3. The summed E-state index contributed by atoms with van der Waals surface area (Å²) in [6.07, 6.45) is 0. The Morgan fingerprint density at radius 3 is 2.14 bits per heavy atom. The Morgan fingerprint density at radius 1 is 1.00 bits per heavy atom. The van der Waals surface area contributed by atoms with E-state index in [0.717, 1.165) is 11.4 Å². The molecule has 6 nitrogen and oxygen atoms in total. The van der Waals surface area contributed by atoms with Crippen LogP contribution in [0.15, 0.2) is 70.6 Å². The van der Waals surface area contributed by atoms with E-state index in [1.54, 1.807) is 19.1 Å². The van der Waals surface area contributed by atoms with Crippen molar-refractivity contribution in [3.8, 4) is 0 Å². The van der Waals surface area contributed by atoms with Crippen molar-refractivity contribution in [1.82, 2.24) is 10.7 Å². The van der Waals surface area contributed by atoms with Crippen molar-refractivity contribution in [1.29, 1.82) is 0 Å². The molecule has 0 atom stereocenters.